The van der Waals surface area contributed by atoms with Gasteiger partial charge in [-0.1, -0.05) is 6.07 Å². The molecule has 3 N–H and O–H groups in total. The van der Waals surface area contributed by atoms with E-state index in [9.17, 15) is 23.1 Å². The molecule has 1 saturated heterocycles. The summed E-state index contributed by atoms with van der Waals surface area (Å²) in [5.74, 6) is -1.14. The number of aliphatic hydroxyl groups excluding tert-OH is 1. The van der Waals surface area contributed by atoms with E-state index < -0.39 is 27.8 Å². The number of carbonyl (C=O) groups is 2. The van der Waals surface area contributed by atoms with E-state index >= 15 is 0 Å². The Morgan fingerprint density at radius 1 is 1.06 bits per heavy atom. The molecule has 1 aromatic heterocycles. The van der Waals surface area contributed by atoms with E-state index in [1.165, 1.54) is 46.6 Å². The Labute approximate surface area is 192 Å². The third-order valence-electron chi connectivity index (χ3n) is 5.35. The van der Waals surface area contributed by atoms with Crippen LogP contribution >= 0.6 is 11.3 Å². The number of carbonyl (C=O) groups excluding carboxylic acids is 2. The Kier molecular flexibility index (Phi) is 4.96. The number of nitrogens with zero attached hydrogens (tertiary/aromatic N) is 1. The highest BCUT2D eigenvalue weighted by atomic mass is 32.2. The molecule has 2 aliphatic heterocycles. The predicted octanol–water partition coefficient (Wildman–Crippen LogP) is 2.75. The predicted molar refractivity (Wildman–Crippen MR) is 119 cm³/mol. The molecule has 11 heteroatoms. The molecular weight excluding hydrogens is 468 g/mol. The van der Waals surface area contributed by atoms with Gasteiger partial charge in [-0.2, -0.15) is 0 Å². The number of ether oxygens (including phenoxy) is 2. The summed E-state index contributed by atoms with van der Waals surface area (Å²) < 4.78 is 33.8. The average Bonchev–Trinajstić information content (AvgIpc) is 3.53. The van der Waals surface area contributed by atoms with Crippen LogP contribution in [0.25, 0.3) is 5.76 Å². The monoisotopic (exact) mass is 484 g/mol. The molecule has 2 aromatic carbocycles. The highest BCUT2D eigenvalue weighted by molar-refractivity contribution is 7.89. The molecule has 0 aliphatic carbocycles. The number of Topliss-reactive ketones (excluding diaryl/α,β-unsaturated/α-hetero) is 1. The smallest absolute Gasteiger partial charge is 0.300 e. The summed E-state index contributed by atoms with van der Waals surface area (Å²) >= 11 is 1.31. The highest BCUT2D eigenvalue weighted by Gasteiger charge is 2.47. The van der Waals surface area contributed by atoms with Gasteiger partial charge in [0, 0.05) is 16.1 Å². The lowest BCUT2D eigenvalue weighted by atomic mass is 9.99. The van der Waals surface area contributed by atoms with Gasteiger partial charge in [0.25, 0.3) is 11.7 Å². The molecule has 33 heavy (non-hydrogen) atoms. The molecule has 1 amide bonds. The maximum absolute atomic E-state index is 13.1. The fourth-order valence-electron chi connectivity index (χ4n) is 3.81. The van der Waals surface area contributed by atoms with Crippen LogP contribution in [0.15, 0.2) is 70.4 Å². The Morgan fingerprint density at radius 3 is 2.45 bits per heavy atom. The van der Waals surface area contributed by atoms with E-state index in [0.717, 1.165) is 0 Å². The normalized spacial score (nSPS) is 19.3. The lowest BCUT2D eigenvalue weighted by Crippen LogP contribution is -2.29. The molecule has 3 heterocycles. The zero-order valence-electron chi connectivity index (χ0n) is 16.8. The van der Waals surface area contributed by atoms with Crippen LogP contribution in [-0.4, -0.2) is 32.0 Å². The minimum absolute atomic E-state index is 0.0493. The van der Waals surface area contributed by atoms with E-state index in [4.69, 9.17) is 14.6 Å². The first-order valence-corrected chi connectivity index (χ1v) is 12.1. The molecule has 1 fully saturated rings. The van der Waals surface area contributed by atoms with Gasteiger partial charge in [0.2, 0.25) is 16.8 Å². The molecule has 0 bridgehead atoms. The molecule has 2 aliphatic rings. The number of amides is 1. The summed E-state index contributed by atoms with van der Waals surface area (Å²) in [5, 5.41) is 18.1. The van der Waals surface area contributed by atoms with Crippen LogP contribution in [0.1, 0.15) is 16.5 Å². The Bertz CT molecular complexity index is 1410. The summed E-state index contributed by atoms with van der Waals surface area (Å²) in [5.41, 5.74) is 0.493. The first-order valence-electron chi connectivity index (χ1n) is 9.63. The molecule has 1 unspecified atom stereocenters. The summed E-state index contributed by atoms with van der Waals surface area (Å²) in [4.78, 5) is 27.9. The third kappa shape index (κ3) is 3.55. The fraction of sp³-hybridized carbons (Fsp3) is 0.0909. The molecule has 0 spiro atoms. The number of hydrogen-bond acceptors (Lipinski definition) is 8. The van der Waals surface area contributed by atoms with Crippen molar-refractivity contribution < 1.29 is 32.6 Å². The van der Waals surface area contributed by atoms with Crippen LogP contribution in [0.3, 0.4) is 0 Å². The number of primary sulfonamides is 1. The first kappa shape index (κ1) is 21.2. The minimum Gasteiger partial charge on any atom is -0.507 e. The van der Waals surface area contributed by atoms with Gasteiger partial charge in [-0.3, -0.25) is 14.5 Å². The van der Waals surface area contributed by atoms with Gasteiger partial charge in [0.1, 0.15) is 11.8 Å². The number of ketones is 1. The van der Waals surface area contributed by atoms with E-state index in [1.807, 2.05) is 0 Å². The lowest BCUT2D eigenvalue weighted by molar-refractivity contribution is -0.132. The van der Waals surface area contributed by atoms with E-state index in [-0.39, 0.29) is 28.7 Å². The van der Waals surface area contributed by atoms with Crippen molar-refractivity contribution in [1.82, 2.24) is 0 Å². The molecule has 3 aromatic rings. The fourth-order valence-corrected chi connectivity index (χ4v) is 5.15. The number of anilines is 1. The first-order chi connectivity index (χ1) is 15.8. The second-order valence-corrected chi connectivity index (χ2v) is 9.83. The summed E-state index contributed by atoms with van der Waals surface area (Å²) in [6.07, 6.45) is 0. The van der Waals surface area contributed by atoms with Crippen molar-refractivity contribution in [2.45, 2.75) is 10.9 Å². The van der Waals surface area contributed by atoms with Crippen molar-refractivity contribution in [3.05, 3.63) is 76.0 Å². The second kappa shape index (κ2) is 7.73. The number of fused-ring (bicyclic) bond motifs is 1. The van der Waals surface area contributed by atoms with Gasteiger partial charge >= 0.3 is 0 Å². The van der Waals surface area contributed by atoms with Gasteiger partial charge in [-0.25, -0.2) is 13.6 Å². The highest BCUT2D eigenvalue weighted by Crippen LogP contribution is 2.44. The second-order valence-electron chi connectivity index (χ2n) is 7.29. The van der Waals surface area contributed by atoms with Gasteiger partial charge in [-0.15, -0.1) is 11.3 Å². The number of benzene rings is 2. The summed E-state index contributed by atoms with van der Waals surface area (Å²) in [7, 11) is -3.93. The topological polar surface area (TPSA) is 136 Å². The van der Waals surface area contributed by atoms with Crippen molar-refractivity contribution >= 4 is 44.5 Å². The molecular formula is C22H16N2O7S2. The Morgan fingerprint density at radius 2 is 1.79 bits per heavy atom. The van der Waals surface area contributed by atoms with E-state index in [0.29, 0.717) is 21.9 Å². The zero-order valence-corrected chi connectivity index (χ0v) is 18.4. The van der Waals surface area contributed by atoms with Crippen LogP contribution in [0.4, 0.5) is 5.69 Å². The summed E-state index contributed by atoms with van der Waals surface area (Å²) in [6.45, 7) is 0.0493. The van der Waals surface area contributed by atoms with E-state index in [1.54, 1.807) is 29.6 Å². The Hall–Kier alpha value is -3.67. The van der Waals surface area contributed by atoms with Crippen LogP contribution in [-0.2, 0) is 19.6 Å². The number of thiophene rings is 1. The standard InChI is InChI=1S/C22H16N2O7S2/c23-33(28,29)14-6-4-13(5-7-14)24-19(17-2-1-9-32-17)18(21(26)22(24)27)20(25)12-3-8-15-16(10-12)31-11-30-15/h1-10,19,25H,11H2,(H2,23,28,29)/b20-18-. The molecule has 0 radical (unpaired) electrons. The number of aliphatic hydroxyl groups is 1. The summed E-state index contributed by atoms with van der Waals surface area (Å²) in [6, 6.07) is 12.6. The number of hydrogen-bond donors (Lipinski definition) is 2. The van der Waals surface area contributed by atoms with Gasteiger partial charge in [-0.05, 0) is 53.9 Å². The van der Waals surface area contributed by atoms with Crippen molar-refractivity contribution in [2.24, 2.45) is 5.14 Å². The van der Waals surface area contributed by atoms with Gasteiger partial charge < -0.3 is 14.6 Å². The lowest BCUT2D eigenvalue weighted by Gasteiger charge is -2.24. The maximum atomic E-state index is 13.1. The quantitative estimate of drug-likeness (QED) is 0.330. The van der Waals surface area contributed by atoms with Gasteiger partial charge in [0.05, 0.1) is 10.5 Å². The van der Waals surface area contributed by atoms with Gasteiger partial charge in [0.15, 0.2) is 11.5 Å². The number of sulfonamides is 1. The maximum Gasteiger partial charge on any atom is 0.300 e. The Balaban J connectivity index is 1.65. The molecule has 0 saturated carbocycles. The van der Waals surface area contributed by atoms with Crippen LogP contribution in [0.5, 0.6) is 11.5 Å². The molecule has 9 nitrogen and oxygen atoms in total. The minimum atomic E-state index is -3.93. The number of rotatable bonds is 4. The third-order valence-corrected chi connectivity index (χ3v) is 7.20. The van der Waals surface area contributed by atoms with Crippen LogP contribution < -0.4 is 19.5 Å². The number of nitrogens with two attached hydrogens (primary N) is 1. The molecule has 168 valence electrons. The van der Waals surface area contributed by atoms with E-state index in [2.05, 4.69) is 0 Å². The van der Waals surface area contributed by atoms with Crippen molar-refractivity contribution in [2.75, 3.05) is 11.7 Å². The van der Waals surface area contributed by atoms with Crippen molar-refractivity contribution in [1.29, 1.82) is 0 Å². The van der Waals surface area contributed by atoms with Crippen molar-refractivity contribution in [3.8, 4) is 11.5 Å². The largest absolute Gasteiger partial charge is 0.507 e. The average molecular weight is 485 g/mol. The SMILES string of the molecule is NS(=O)(=O)c1ccc(N2C(=O)C(=O)/C(=C(\O)c3ccc4c(c3)OCO4)C2c2cccs2)cc1. The molecule has 1 atom stereocenters. The van der Waals surface area contributed by atoms with Crippen molar-refractivity contribution in [3.63, 3.8) is 0 Å². The zero-order chi connectivity index (χ0) is 23.3. The van der Waals surface area contributed by atoms with Crippen LogP contribution in [0.2, 0.25) is 0 Å². The van der Waals surface area contributed by atoms with Crippen LogP contribution in [0, 0.1) is 0 Å². The molecule has 5 rings (SSSR count).